The maximum absolute atomic E-state index is 12.6. The second-order valence-electron chi connectivity index (χ2n) is 6.77. The summed E-state index contributed by atoms with van der Waals surface area (Å²) in [6.07, 6.45) is 2.90. The van der Waals surface area contributed by atoms with E-state index in [1.807, 2.05) is 20.8 Å². The van der Waals surface area contributed by atoms with Gasteiger partial charge in [0.2, 0.25) is 0 Å². The van der Waals surface area contributed by atoms with Gasteiger partial charge in [-0.2, -0.15) is 0 Å². The quantitative estimate of drug-likeness (QED) is 0.734. The molecule has 1 saturated carbocycles. The van der Waals surface area contributed by atoms with Crippen molar-refractivity contribution >= 4 is 23.6 Å². The molecule has 1 heterocycles. The van der Waals surface area contributed by atoms with E-state index in [2.05, 4.69) is 13.5 Å². The molecule has 0 N–H and O–H groups in total. The van der Waals surface area contributed by atoms with Gasteiger partial charge in [0.1, 0.15) is 11.6 Å². The van der Waals surface area contributed by atoms with Crippen LogP contribution in [0, 0.1) is 5.92 Å². The molecule has 1 amide bonds. The SMILES string of the molecule is C=CCC1CC2(C)SCN(C(=O)OC(C)(C)C)[C@@H]2C1=O. The zero-order valence-corrected chi connectivity index (χ0v) is 13.5. The molecule has 0 aromatic heterocycles. The summed E-state index contributed by atoms with van der Waals surface area (Å²) in [6, 6.07) is -0.354. The van der Waals surface area contributed by atoms with E-state index in [4.69, 9.17) is 4.74 Å². The molecule has 20 heavy (non-hydrogen) atoms. The summed E-state index contributed by atoms with van der Waals surface area (Å²) in [5.41, 5.74) is -0.539. The summed E-state index contributed by atoms with van der Waals surface area (Å²) in [7, 11) is 0. The molecule has 2 fully saturated rings. The molecule has 1 saturated heterocycles. The summed E-state index contributed by atoms with van der Waals surface area (Å²) in [5, 5.41) is 0. The van der Waals surface area contributed by atoms with Gasteiger partial charge < -0.3 is 4.74 Å². The Morgan fingerprint density at radius 3 is 2.80 bits per heavy atom. The van der Waals surface area contributed by atoms with Crippen molar-refractivity contribution in [2.45, 2.75) is 56.9 Å². The van der Waals surface area contributed by atoms with Gasteiger partial charge in [0.15, 0.2) is 5.78 Å². The average Bonchev–Trinajstić information content (AvgIpc) is 2.73. The zero-order chi connectivity index (χ0) is 15.1. The van der Waals surface area contributed by atoms with Crippen LogP contribution < -0.4 is 0 Å². The number of Topliss-reactive ketones (excluding diaryl/α,β-unsaturated/α-hetero) is 1. The van der Waals surface area contributed by atoms with Gasteiger partial charge in [-0.25, -0.2) is 4.79 Å². The van der Waals surface area contributed by atoms with E-state index in [1.165, 1.54) is 0 Å². The number of amides is 1. The van der Waals surface area contributed by atoms with Gasteiger partial charge in [0, 0.05) is 10.7 Å². The van der Waals surface area contributed by atoms with Crippen molar-refractivity contribution in [2.75, 3.05) is 5.88 Å². The van der Waals surface area contributed by atoms with Crippen LogP contribution in [0.5, 0.6) is 0 Å². The number of thioether (sulfide) groups is 1. The van der Waals surface area contributed by atoms with Crippen LogP contribution in [0.15, 0.2) is 12.7 Å². The smallest absolute Gasteiger partial charge is 0.411 e. The van der Waals surface area contributed by atoms with Crippen LogP contribution in [0.3, 0.4) is 0 Å². The molecule has 3 atom stereocenters. The summed E-state index contributed by atoms with van der Waals surface area (Å²) in [4.78, 5) is 26.4. The van der Waals surface area contributed by atoms with Gasteiger partial charge in [-0.05, 0) is 40.5 Å². The number of ether oxygens (including phenoxy) is 1. The summed E-state index contributed by atoms with van der Waals surface area (Å²) in [6.45, 7) is 11.3. The van der Waals surface area contributed by atoms with Crippen LogP contribution in [-0.2, 0) is 9.53 Å². The monoisotopic (exact) mass is 297 g/mol. The first-order chi connectivity index (χ1) is 9.18. The van der Waals surface area contributed by atoms with Crippen molar-refractivity contribution in [2.24, 2.45) is 5.92 Å². The average molecular weight is 297 g/mol. The fourth-order valence-corrected chi connectivity index (χ4v) is 4.43. The number of hydrogen-bond acceptors (Lipinski definition) is 4. The molecular weight excluding hydrogens is 274 g/mol. The largest absolute Gasteiger partial charge is 0.444 e. The maximum atomic E-state index is 12.6. The highest BCUT2D eigenvalue weighted by Gasteiger charge is 2.58. The molecule has 0 bridgehead atoms. The Kier molecular flexibility index (Phi) is 3.93. The third-order valence-corrected chi connectivity index (χ3v) is 5.28. The minimum absolute atomic E-state index is 0.0137. The first-order valence-electron chi connectivity index (χ1n) is 6.96. The number of fused-ring (bicyclic) bond motifs is 1. The van der Waals surface area contributed by atoms with E-state index in [0.29, 0.717) is 12.3 Å². The number of allylic oxidation sites excluding steroid dienone is 1. The van der Waals surface area contributed by atoms with Gasteiger partial charge in [-0.15, -0.1) is 18.3 Å². The van der Waals surface area contributed by atoms with Gasteiger partial charge in [0.05, 0.1) is 5.88 Å². The predicted octanol–water partition coefficient (Wildman–Crippen LogP) is 3.22. The van der Waals surface area contributed by atoms with Gasteiger partial charge >= 0.3 is 6.09 Å². The van der Waals surface area contributed by atoms with Crippen molar-refractivity contribution in [1.29, 1.82) is 0 Å². The Morgan fingerprint density at radius 2 is 2.25 bits per heavy atom. The lowest BCUT2D eigenvalue weighted by molar-refractivity contribution is -0.124. The lowest BCUT2D eigenvalue weighted by atomic mass is 10.0. The molecule has 112 valence electrons. The Balaban J connectivity index is 2.17. The molecule has 4 nitrogen and oxygen atoms in total. The van der Waals surface area contributed by atoms with Crippen molar-refractivity contribution in [1.82, 2.24) is 4.90 Å². The molecular formula is C15H23NO3S. The standard InChI is InChI=1S/C15H23NO3S/c1-6-7-10-8-15(5)12(11(10)17)16(9-20-15)13(18)19-14(2,3)4/h6,10,12H,1,7-9H2,2-5H3/t10?,12-,15?/m1/s1. The van der Waals surface area contributed by atoms with Gasteiger partial charge in [-0.3, -0.25) is 9.69 Å². The lowest BCUT2D eigenvalue weighted by Crippen LogP contribution is -2.47. The first-order valence-corrected chi connectivity index (χ1v) is 7.95. The lowest BCUT2D eigenvalue weighted by Gasteiger charge is -2.29. The normalized spacial score (nSPS) is 33.2. The van der Waals surface area contributed by atoms with E-state index in [9.17, 15) is 9.59 Å². The molecule has 2 rings (SSSR count). The minimum atomic E-state index is -0.539. The fraction of sp³-hybridized carbons (Fsp3) is 0.733. The molecule has 1 aliphatic carbocycles. The topological polar surface area (TPSA) is 46.6 Å². The van der Waals surface area contributed by atoms with Gasteiger partial charge in [0.25, 0.3) is 0 Å². The molecule has 2 aliphatic rings. The van der Waals surface area contributed by atoms with Crippen molar-refractivity contribution < 1.29 is 14.3 Å². The molecule has 2 unspecified atom stereocenters. The van der Waals surface area contributed by atoms with Crippen LogP contribution in [0.4, 0.5) is 4.79 Å². The second kappa shape index (κ2) is 5.10. The highest BCUT2D eigenvalue weighted by atomic mass is 32.2. The van der Waals surface area contributed by atoms with E-state index in [0.717, 1.165) is 6.42 Å². The number of nitrogens with zero attached hydrogens (tertiary/aromatic N) is 1. The Labute approximate surface area is 124 Å². The van der Waals surface area contributed by atoms with E-state index < -0.39 is 5.60 Å². The van der Waals surface area contributed by atoms with Crippen LogP contribution >= 0.6 is 11.8 Å². The minimum Gasteiger partial charge on any atom is -0.444 e. The highest BCUT2D eigenvalue weighted by molar-refractivity contribution is 8.01. The molecule has 5 heteroatoms. The Bertz CT molecular complexity index is 443. The van der Waals surface area contributed by atoms with Crippen LogP contribution in [0.1, 0.15) is 40.5 Å². The molecule has 0 aromatic carbocycles. The first kappa shape index (κ1) is 15.4. The summed E-state index contributed by atoms with van der Waals surface area (Å²) >= 11 is 1.68. The van der Waals surface area contributed by atoms with Crippen molar-refractivity contribution in [3.63, 3.8) is 0 Å². The van der Waals surface area contributed by atoms with E-state index in [-0.39, 0.29) is 28.6 Å². The predicted molar refractivity (Wildman–Crippen MR) is 80.7 cm³/mol. The summed E-state index contributed by atoms with van der Waals surface area (Å²) in [5.74, 6) is 0.673. The number of hydrogen-bond donors (Lipinski definition) is 0. The number of rotatable bonds is 2. The Hall–Kier alpha value is -0.970. The van der Waals surface area contributed by atoms with Crippen LogP contribution in [-0.4, -0.2) is 39.0 Å². The van der Waals surface area contributed by atoms with Crippen LogP contribution in [0.25, 0.3) is 0 Å². The molecule has 1 aliphatic heterocycles. The van der Waals surface area contributed by atoms with Crippen LogP contribution in [0.2, 0.25) is 0 Å². The number of carbonyl (C=O) groups is 2. The number of carbonyl (C=O) groups excluding carboxylic acids is 2. The summed E-state index contributed by atoms with van der Waals surface area (Å²) < 4.78 is 5.24. The van der Waals surface area contributed by atoms with Gasteiger partial charge in [-0.1, -0.05) is 6.08 Å². The molecule has 0 aromatic rings. The molecule has 0 radical (unpaired) electrons. The second-order valence-corrected chi connectivity index (χ2v) is 8.25. The Morgan fingerprint density at radius 1 is 1.60 bits per heavy atom. The zero-order valence-electron chi connectivity index (χ0n) is 12.6. The van der Waals surface area contributed by atoms with E-state index in [1.54, 1.807) is 22.7 Å². The van der Waals surface area contributed by atoms with E-state index >= 15 is 0 Å². The molecule has 0 spiro atoms. The van der Waals surface area contributed by atoms with Crippen molar-refractivity contribution in [3.05, 3.63) is 12.7 Å². The number of ketones is 1. The highest BCUT2D eigenvalue weighted by Crippen LogP contribution is 2.51. The third-order valence-electron chi connectivity index (χ3n) is 3.83. The third kappa shape index (κ3) is 2.73. The fourth-order valence-electron chi connectivity index (χ4n) is 3.02. The van der Waals surface area contributed by atoms with Crippen molar-refractivity contribution in [3.8, 4) is 0 Å². The maximum Gasteiger partial charge on any atom is 0.411 e.